The molecule has 25 heavy (non-hydrogen) atoms. The summed E-state index contributed by atoms with van der Waals surface area (Å²) in [5, 5.41) is 0. The molecule has 0 radical (unpaired) electrons. The monoisotopic (exact) mass is 357 g/mol. The highest BCUT2D eigenvalue weighted by Gasteiger charge is 2.36. The van der Waals surface area contributed by atoms with Gasteiger partial charge in [-0.1, -0.05) is 44.2 Å². The lowest BCUT2D eigenvalue weighted by Crippen LogP contribution is -2.45. The van der Waals surface area contributed by atoms with Crippen molar-refractivity contribution in [1.82, 2.24) is 9.80 Å². The largest absolute Gasteiger partial charge is 0.406 e. The van der Waals surface area contributed by atoms with Gasteiger partial charge >= 0.3 is 6.18 Å². The standard InChI is InChI=1S/C18H26F3N3O/c1-13(2)8-24(12-18(19,20)21)17(25)11-23-9-15(16(22)10-23)14-6-4-3-5-7-14/h3-7,13,15-16H,8-12,22H2,1-2H3/t15-,16+/m0/s1. The Balaban J connectivity index is 1.99. The zero-order chi connectivity index (χ0) is 18.6. The highest BCUT2D eigenvalue weighted by molar-refractivity contribution is 5.78. The predicted octanol–water partition coefficient (Wildman–Crippen LogP) is 2.46. The van der Waals surface area contributed by atoms with Crippen molar-refractivity contribution < 1.29 is 18.0 Å². The van der Waals surface area contributed by atoms with Crippen LogP contribution in [0.2, 0.25) is 0 Å². The van der Waals surface area contributed by atoms with Crippen LogP contribution in [0.15, 0.2) is 30.3 Å². The van der Waals surface area contributed by atoms with Crippen molar-refractivity contribution in [3.05, 3.63) is 35.9 Å². The molecule has 1 aromatic rings. The highest BCUT2D eigenvalue weighted by atomic mass is 19.4. The third kappa shape index (κ3) is 6.01. The fourth-order valence-electron chi connectivity index (χ4n) is 3.30. The van der Waals surface area contributed by atoms with Gasteiger partial charge in [-0.05, 0) is 11.5 Å². The summed E-state index contributed by atoms with van der Waals surface area (Å²) in [6.07, 6.45) is -4.39. The Kier molecular flexibility index (Phi) is 6.46. The molecule has 140 valence electrons. The van der Waals surface area contributed by atoms with E-state index in [9.17, 15) is 18.0 Å². The minimum atomic E-state index is -4.39. The molecule has 0 aliphatic carbocycles. The van der Waals surface area contributed by atoms with Gasteiger partial charge in [0, 0.05) is 31.6 Å². The molecule has 7 heteroatoms. The Bertz CT molecular complexity index is 562. The number of carbonyl (C=O) groups excluding carboxylic acids is 1. The predicted molar refractivity (Wildman–Crippen MR) is 91.1 cm³/mol. The van der Waals surface area contributed by atoms with E-state index >= 15 is 0 Å². The molecular weight excluding hydrogens is 331 g/mol. The van der Waals surface area contributed by atoms with Gasteiger partial charge in [-0.25, -0.2) is 0 Å². The average Bonchev–Trinajstić information content (AvgIpc) is 2.86. The SMILES string of the molecule is CC(C)CN(CC(F)(F)F)C(=O)CN1C[C@@H](N)[C@H](c2ccccc2)C1. The van der Waals surface area contributed by atoms with Gasteiger partial charge < -0.3 is 10.6 Å². The number of nitrogens with two attached hydrogens (primary N) is 1. The molecule has 1 aliphatic rings. The molecule has 0 aromatic heterocycles. The number of alkyl halides is 3. The summed E-state index contributed by atoms with van der Waals surface area (Å²) in [5.74, 6) is -0.425. The number of carbonyl (C=O) groups is 1. The normalized spacial score (nSPS) is 21.7. The van der Waals surface area contributed by atoms with Crippen LogP contribution in [0.1, 0.15) is 25.3 Å². The molecule has 1 amide bonds. The molecule has 1 saturated heterocycles. The van der Waals surface area contributed by atoms with E-state index in [1.165, 1.54) is 0 Å². The van der Waals surface area contributed by atoms with Crippen LogP contribution in [0, 0.1) is 5.92 Å². The van der Waals surface area contributed by atoms with Gasteiger partial charge in [-0.2, -0.15) is 13.2 Å². The third-order valence-corrected chi connectivity index (χ3v) is 4.34. The maximum absolute atomic E-state index is 12.7. The molecule has 0 unspecified atom stereocenters. The van der Waals surface area contributed by atoms with Crippen molar-refractivity contribution in [2.24, 2.45) is 11.7 Å². The first kappa shape index (κ1) is 19.7. The maximum Gasteiger partial charge on any atom is 0.406 e. The Morgan fingerprint density at radius 1 is 1.28 bits per heavy atom. The van der Waals surface area contributed by atoms with Crippen molar-refractivity contribution in [1.29, 1.82) is 0 Å². The molecule has 0 bridgehead atoms. The molecule has 1 fully saturated rings. The number of hydrogen-bond donors (Lipinski definition) is 1. The minimum absolute atomic E-state index is 0.0239. The van der Waals surface area contributed by atoms with Crippen LogP contribution in [0.5, 0.6) is 0 Å². The number of halogens is 3. The van der Waals surface area contributed by atoms with Crippen molar-refractivity contribution in [2.45, 2.75) is 32.0 Å². The van der Waals surface area contributed by atoms with Crippen LogP contribution in [-0.2, 0) is 4.79 Å². The van der Waals surface area contributed by atoms with E-state index in [0.29, 0.717) is 13.1 Å². The van der Waals surface area contributed by atoms with Gasteiger partial charge in [-0.15, -0.1) is 0 Å². The Morgan fingerprint density at radius 3 is 2.48 bits per heavy atom. The summed E-state index contributed by atoms with van der Waals surface area (Å²) in [6, 6.07) is 9.64. The molecule has 2 N–H and O–H groups in total. The van der Waals surface area contributed by atoms with E-state index < -0.39 is 18.6 Å². The summed E-state index contributed by atoms with van der Waals surface area (Å²) >= 11 is 0. The highest BCUT2D eigenvalue weighted by Crippen LogP contribution is 2.26. The number of hydrogen-bond acceptors (Lipinski definition) is 3. The molecule has 0 spiro atoms. The Morgan fingerprint density at radius 2 is 1.92 bits per heavy atom. The van der Waals surface area contributed by atoms with Crippen LogP contribution >= 0.6 is 0 Å². The topological polar surface area (TPSA) is 49.6 Å². The average molecular weight is 357 g/mol. The Hall–Kier alpha value is -1.60. The molecular formula is C18H26F3N3O. The van der Waals surface area contributed by atoms with E-state index in [2.05, 4.69) is 0 Å². The molecule has 4 nitrogen and oxygen atoms in total. The second-order valence-corrected chi connectivity index (χ2v) is 7.16. The molecule has 0 saturated carbocycles. The van der Waals surface area contributed by atoms with Crippen LogP contribution in [0.3, 0.4) is 0 Å². The van der Waals surface area contributed by atoms with E-state index in [-0.39, 0.29) is 31.0 Å². The Labute approximate surface area is 146 Å². The first-order chi connectivity index (χ1) is 11.7. The minimum Gasteiger partial charge on any atom is -0.332 e. The zero-order valence-electron chi connectivity index (χ0n) is 14.7. The van der Waals surface area contributed by atoms with Crippen molar-refractivity contribution in [3.63, 3.8) is 0 Å². The molecule has 2 atom stereocenters. The molecule has 1 aromatic carbocycles. The van der Waals surface area contributed by atoms with E-state index in [1.807, 2.05) is 35.2 Å². The number of nitrogens with zero attached hydrogens (tertiary/aromatic N) is 2. The number of rotatable bonds is 6. The summed E-state index contributed by atoms with van der Waals surface area (Å²) in [6.45, 7) is 3.55. The second-order valence-electron chi connectivity index (χ2n) is 7.16. The fourth-order valence-corrected chi connectivity index (χ4v) is 3.30. The van der Waals surface area contributed by atoms with Crippen LogP contribution < -0.4 is 5.73 Å². The van der Waals surface area contributed by atoms with Crippen molar-refractivity contribution in [3.8, 4) is 0 Å². The quantitative estimate of drug-likeness (QED) is 0.851. The lowest BCUT2D eigenvalue weighted by molar-refractivity contribution is -0.162. The van der Waals surface area contributed by atoms with Gasteiger partial charge in [0.15, 0.2) is 0 Å². The fraction of sp³-hybridized carbons (Fsp3) is 0.611. The first-order valence-corrected chi connectivity index (χ1v) is 8.53. The lowest BCUT2D eigenvalue weighted by atomic mass is 9.95. The number of amides is 1. The van der Waals surface area contributed by atoms with E-state index in [1.54, 1.807) is 13.8 Å². The second kappa shape index (κ2) is 8.19. The van der Waals surface area contributed by atoms with Crippen molar-refractivity contribution in [2.75, 3.05) is 32.7 Å². The number of benzene rings is 1. The first-order valence-electron chi connectivity index (χ1n) is 8.53. The summed E-state index contributed by atoms with van der Waals surface area (Å²) in [7, 11) is 0. The van der Waals surface area contributed by atoms with Gasteiger partial charge in [0.1, 0.15) is 6.54 Å². The van der Waals surface area contributed by atoms with Gasteiger partial charge in [0.05, 0.1) is 6.54 Å². The van der Waals surface area contributed by atoms with Gasteiger partial charge in [0.25, 0.3) is 0 Å². The summed E-state index contributed by atoms with van der Waals surface area (Å²) < 4.78 is 38.2. The van der Waals surface area contributed by atoms with Gasteiger partial charge in [0.2, 0.25) is 5.91 Å². The van der Waals surface area contributed by atoms with Crippen LogP contribution in [0.25, 0.3) is 0 Å². The third-order valence-electron chi connectivity index (χ3n) is 4.34. The maximum atomic E-state index is 12.7. The molecule has 1 heterocycles. The van der Waals surface area contributed by atoms with Crippen LogP contribution in [0.4, 0.5) is 13.2 Å². The molecule has 2 rings (SSSR count). The van der Waals surface area contributed by atoms with E-state index in [4.69, 9.17) is 5.73 Å². The van der Waals surface area contributed by atoms with Crippen LogP contribution in [-0.4, -0.2) is 60.6 Å². The van der Waals surface area contributed by atoms with Gasteiger partial charge in [-0.3, -0.25) is 9.69 Å². The van der Waals surface area contributed by atoms with E-state index in [0.717, 1.165) is 10.5 Å². The zero-order valence-corrected chi connectivity index (χ0v) is 14.7. The lowest BCUT2D eigenvalue weighted by Gasteiger charge is -2.27. The smallest absolute Gasteiger partial charge is 0.332 e. The summed E-state index contributed by atoms with van der Waals surface area (Å²) in [5.41, 5.74) is 7.29. The molecule has 1 aliphatic heterocycles. The van der Waals surface area contributed by atoms with Crippen molar-refractivity contribution >= 4 is 5.91 Å². The number of likely N-dealkylation sites (tertiary alicyclic amines) is 1. The summed E-state index contributed by atoms with van der Waals surface area (Å²) in [4.78, 5) is 15.2.